The molecule has 3 aliphatic rings. The molecule has 1 unspecified atom stereocenters. The SMILES string of the molecule is Cl.O=S(=O)(N1CCCCC1)N1CCN(C2CCNC2)CC1. The predicted octanol–water partition coefficient (Wildman–Crippen LogP) is 0.118. The summed E-state index contributed by atoms with van der Waals surface area (Å²) in [6.45, 7) is 6.60. The van der Waals surface area contributed by atoms with Crippen LogP contribution in [0.3, 0.4) is 0 Å². The molecule has 3 heterocycles. The van der Waals surface area contributed by atoms with Crippen LogP contribution in [0.1, 0.15) is 25.7 Å². The Labute approximate surface area is 134 Å². The lowest BCUT2D eigenvalue weighted by Crippen LogP contribution is -2.55. The van der Waals surface area contributed by atoms with Crippen LogP contribution < -0.4 is 5.32 Å². The lowest BCUT2D eigenvalue weighted by atomic mass is 10.2. The first-order chi connectivity index (χ1) is 9.68. The first-order valence-corrected chi connectivity index (χ1v) is 9.27. The molecule has 0 radical (unpaired) electrons. The zero-order valence-electron chi connectivity index (χ0n) is 12.5. The molecular weight excluding hydrogens is 312 g/mol. The molecule has 1 N–H and O–H groups in total. The van der Waals surface area contributed by atoms with E-state index in [9.17, 15) is 8.42 Å². The van der Waals surface area contributed by atoms with Gasteiger partial charge in [-0.15, -0.1) is 12.4 Å². The maximum Gasteiger partial charge on any atom is 0.282 e. The van der Waals surface area contributed by atoms with Crippen molar-refractivity contribution < 1.29 is 8.42 Å². The second kappa shape index (κ2) is 7.57. The topological polar surface area (TPSA) is 55.9 Å². The largest absolute Gasteiger partial charge is 0.315 e. The standard InChI is InChI=1S/C13H26N4O2S.ClH/c18-20(19,16-6-2-1-3-7-16)17-10-8-15(9-11-17)13-4-5-14-12-13;/h13-14H,1-12H2;1H. The summed E-state index contributed by atoms with van der Waals surface area (Å²) in [4.78, 5) is 2.45. The minimum absolute atomic E-state index is 0. The van der Waals surface area contributed by atoms with E-state index < -0.39 is 10.2 Å². The number of piperazine rings is 1. The first kappa shape index (κ1) is 17.4. The molecule has 1 atom stereocenters. The van der Waals surface area contributed by atoms with Gasteiger partial charge in [0.25, 0.3) is 10.2 Å². The summed E-state index contributed by atoms with van der Waals surface area (Å²) in [5.74, 6) is 0. The molecule has 8 heteroatoms. The van der Waals surface area contributed by atoms with Crippen LogP contribution in [0.4, 0.5) is 0 Å². The highest BCUT2D eigenvalue weighted by Gasteiger charge is 2.34. The van der Waals surface area contributed by atoms with Crippen molar-refractivity contribution in [2.45, 2.75) is 31.7 Å². The summed E-state index contributed by atoms with van der Waals surface area (Å²) in [5, 5.41) is 3.38. The van der Waals surface area contributed by atoms with E-state index in [1.165, 1.54) is 6.42 Å². The van der Waals surface area contributed by atoms with Gasteiger partial charge in [-0.2, -0.15) is 17.0 Å². The number of nitrogens with one attached hydrogen (secondary N) is 1. The molecule has 0 aliphatic carbocycles. The molecule has 0 spiro atoms. The van der Waals surface area contributed by atoms with Crippen molar-refractivity contribution >= 4 is 22.6 Å². The molecular formula is C13H27ClN4O2S. The molecule has 3 saturated heterocycles. The quantitative estimate of drug-likeness (QED) is 0.794. The average Bonchev–Trinajstić information content (AvgIpc) is 3.02. The van der Waals surface area contributed by atoms with Crippen LogP contribution in [0.2, 0.25) is 0 Å². The van der Waals surface area contributed by atoms with Gasteiger partial charge in [-0.05, 0) is 25.8 Å². The third-order valence-corrected chi connectivity index (χ3v) is 6.83. The normalized spacial score (nSPS) is 30.2. The van der Waals surface area contributed by atoms with Crippen LogP contribution >= 0.6 is 12.4 Å². The highest BCUT2D eigenvalue weighted by atomic mass is 35.5. The van der Waals surface area contributed by atoms with E-state index in [1.54, 1.807) is 8.61 Å². The van der Waals surface area contributed by atoms with Crippen LogP contribution in [-0.2, 0) is 10.2 Å². The van der Waals surface area contributed by atoms with Gasteiger partial charge in [-0.25, -0.2) is 0 Å². The molecule has 0 aromatic carbocycles. The average molecular weight is 339 g/mol. The van der Waals surface area contributed by atoms with Gasteiger partial charge in [-0.3, -0.25) is 4.90 Å². The Hall–Kier alpha value is 0.0800. The molecule has 0 aromatic rings. The van der Waals surface area contributed by atoms with Crippen molar-refractivity contribution in [1.82, 2.24) is 18.8 Å². The maximum atomic E-state index is 12.6. The predicted molar refractivity (Wildman–Crippen MR) is 86.0 cm³/mol. The van der Waals surface area contributed by atoms with Crippen molar-refractivity contribution in [2.24, 2.45) is 0 Å². The summed E-state index contributed by atoms with van der Waals surface area (Å²) in [7, 11) is -3.21. The van der Waals surface area contributed by atoms with Crippen molar-refractivity contribution in [3.63, 3.8) is 0 Å². The number of rotatable bonds is 3. The number of hydrogen-bond acceptors (Lipinski definition) is 4. The van der Waals surface area contributed by atoms with E-state index in [4.69, 9.17) is 0 Å². The summed E-state index contributed by atoms with van der Waals surface area (Å²) in [6.07, 6.45) is 4.37. The molecule has 6 nitrogen and oxygen atoms in total. The van der Waals surface area contributed by atoms with Crippen molar-refractivity contribution in [1.29, 1.82) is 0 Å². The van der Waals surface area contributed by atoms with Gasteiger partial charge < -0.3 is 5.32 Å². The van der Waals surface area contributed by atoms with Crippen LogP contribution in [0.25, 0.3) is 0 Å². The Bertz CT molecular complexity index is 414. The van der Waals surface area contributed by atoms with Gasteiger partial charge in [0.2, 0.25) is 0 Å². The van der Waals surface area contributed by atoms with Gasteiger partial charge in [0, 0.05) is 51.9 Å². The highest BCUT2D eigenvalue weighted by molar-refractivity contribution is 7.86. The second-order valence-electron chi connectivity index (χ2n) is 6.05. The molecule has 21 heavy (non-hydrogen) atoms. The monoisotopic (exact) mass is 338 g/mol. The van der Waals surface area contributed by atoms with Gasteiger partial charge >= 0.3 is 0 Å². The summed E-state index contributed by atoms with van der Waals surface area (Å²) >= 11 is 0. The highest BCUT2D eigenvalue weighted by Crippen LogP contribution is 2.19. The van der Waals surface area contributed by atoms with Gasteiger partial charge in [0.1, 0.15) is 0 Å². The molecule has 0 aromatic heterocycles. The number of hydrogen-bond donors (Lipinski definition) is 1. The van der Waals surface area contributed by atoms with E-state index in [0.29, 0.717) is 32.2 Å². The Morgan fingerprint density at radius 1 is 0.857 bits per heavy atom. The third kappa shape index (κ3) is 3.89. The fourth-order valence-electron chi connectivity index (χ4n) is 3.51. The van der Waals surface area contributed by atoms with E-state index >= 15 is 0 Å². The fourth-order valence-corrected chi connectivity index (χ4v) is 5.18. The van der Waals surface area contributed by atoms with Crippen molar-refractivity contribution in [2.75, 3.05) is 52.4 Å². The minimum Gasteiger partial charge on any atom is -0.315 e. The zero-order valence-corrected chi connectivity index (χ0v) is 14.2. The van der Waals surface area contributed by atoms with E-state index in [0.717, 1.165) is 45.4 Å². The number of nitrogens with zero attached hydrogens (tertiary/aromatic N) is 3. The third-order valence-electron chi connectivity index (χ3n) is 4.79. The van der Waals surface area contributed by atoms with Crippen LogP contribution in [-0.4, -0.2) is 80.3 Å². The van der Waals surface area contributed by atoms with Crippen LogP contribution in [0.5, 0.6) is 0 Å². The number of piperidine rings is 1. The molecule has 3 rings (SSSR count). The molecule has 3 aliphatic heterocycles. The molecule has 0 amide bonds. The van der Waals surface area contributed by atoms with Gasteiger partial charge in [-0.1, -0.05) is 6.42 Å². The minimum atomic E-state index is -3.21. The first-order valence-electron chi connectivity index (χ1n) is 7.88. The van der Waals surface area contributed by atoms with E-state index in [2.05, 4.69) is 10.2 Å². The molecule has 3 fully saturated rings. The fraction of sp³-hybridized carbons (Fsp3) is 1.00. The Morgan fingerprint density at radius 3 is 2.05 bits per heavy atom. The smallest absolute Gasteiger partial charge is 0.282 e. The number of halogens is 1. The Kier molecular flexibility index (Phi) is 6.28. The molecule has 124 valence electrons. The van der Waals surface area contributed by atoms with Crippen LogP contribution in [0.15, 0.2) is 0 Å². The Balaban J connectivity index is 0.00000161. The second-order valence-corrected chi connectivity index (χ2v) is 7.98. The summed E-state index contributed by atoms with van der Waals surface area (Å²) < 4.78 is 28.6. The molecule has 0 saturated carbocycles. The van der Waals surface area contributed by atoms with Gasteiger partial charge in [0.15, 0.2) is 0 Å². The van der Waals surface area contributed by atoms with E-state index in [1.807, 2.05) is 0 Å². The van der Waals surface area contributed by atoms with Gasteiger partial charge in [0.05, 0.1) is 0 Å². The maximum absolute atomic E-state index is 12.6. The summed E-state index contributed by atoms with van der Waals surface area (Å²) in [6, 6.07) is 0.606. The zero-order chi connectivity index (χ0) is 14.0. The Morgan fingerprint density at radius 2 is 1.48 bits per heavy atom. The van der Waals surface area contributed by atoms with Crippen LogP contribution in [0, 0.1) is 0 Å². The lowest BCUT2D eigenvalue weighted by Gasteiger charge is -2.39. The lowest BCUT2D eigenvalue weighted by molar-refractivity contribution is 0.140. The van der Waals surface area contributed by atoms with E-state index in [-0.39, 0.29) is 12.4 Å². The summed E-state index contributed by atoms with van der Waals surface area (Å²) in [5.41, 5.74) is 0. The van der Waals surface area contributed by atoms with Crippen molar-refractivity contribution in [3.05, 3.63) is 0 Å². The van der Waals surface area contributed by atoms with Crippen molar-refractivity contribution in [3.8, 4) is 0 Å². The molecule has 0 bridgehead atoms.